The molecule has 0 saturated heterocycles. The molecule has 0 bridgehead atoms. The van der Waals surface area contributed by atoms with Gasteiger partial charge in [0.15, 0.2) is 0 Å². The molecule has 1 radical (unpaired) electrons. The van der Waals surface area contributed by atoms with Crippen molar-refractivity contribution >= 4 is 27.5 Å². The van der Waals surface area contributed by atoms with Gasteiger partial charge in [0.2, 0.25) is 0 Å². The molecule has 0 aliphatic carbocycles. The van der Waals surface area contributed by atoms with Crippen LogP contribution >= 0.6 is 27.5 Å². The standard InChI is InChI=1S/C6H2BrClF/c7-5-2-1-4(8)3-6(5)9/h2-3H. The van der Waals surface area contributed by atoms with Gasteiger partial charge in [-0.15, -0.1) is 0 Å². The maximum absolute atomic E-state index is 12.4. The fourth-order valence-corrected chi connectivity index (χ4v) is 0.802. The van der Waals surface area contributed by atoms with Gasteiger partial charge in [-0.25, -0.2) is 4.39 Å². The predicted molar refractivity (Wildman–Crippen MR) is 37.9 cm³/mol. The Kier molecular flexibility index (Phi) is 2.09. The van der Waals surface area contributed by atoms with E-state index in [0.717, 1.165) is 0 Å². The SMILES string of the molecule is Fc1cc(Cl)[c]cc1Br. The van der Waals surface area contributed by atoms with Gasteiger partial charge < -0.3 is 0 Å². The highest BCUT2D eigenvalue weighted by atomic mass is 79.9. The Morgan fingerprint density at radius 2 is 2.33 bits per heavy atom. The Morgan fingerprint density at radius 1 is 1.67 bits per heavy atom. The third-order valence-electron chi connectivity index (χ3n) is 0.818. The summed E-state index contributed by atoms with van der Waals surface area (Å²) in [6.07, 6.45) is 0. The molecule has 0 spiro atoms. The summed E-state index contributed by atoms with van der Waals surface area (Å²) in [7, 11) is 0. The first-order valence-electron chi connectivity index (χ1n) is 2.22. The number of hydrogen-bond acceptors (Lipinski definition) is 0. The minimum atomic E-state index is -0.362. The molecule has 1 aromatic carbocycles. The molecule has 0 aliphatic rings. The van der Waals surface area contributed by atoms with Gasteiger partial charge in [-0.3, -0.25) is 0 Å². The smallest absolute Gasteiger partial charge is 0.138 e. The summed E-state index contributed by atoms with van der Waals surface area (Å²) in [6.45, 7) is 0. The molecule has 1 rings (SSSR count). The summed E-state index contributed by atoms with van der Waals surface area (Å²) < 4.78 is 12.8. The van der Waals surface area contributed by atoms with E-state index in [2.05, 4.69) is 22.0 Å². The average Bonchev–Trinajstić information content (AvgIpc) is 1.80. The maximum atomic E-state index is 12.4. The van der Waals surface area contributed by atoms with Crippen LogP contribution in [0.3, 0.4) is 0 Å². The van der Waals surface area contributed by atoms with Gasteiger partial charge in [-0.2, -0.15) is 0 Å². The molecule has 3 heteroatoms. The Bertz CT molecular complexity index is 224. The first kappa shape index (κ1) is 7.03. The first-order valence-corrected chi connectivity index (χ1v) is 3.39. The van der Waals surface area contributed by atoms with Crippen molar-refractivity contribution in [3.05, 3.63) is 33.5 Å². The minimum Gasteiger partial charge on any atom is -0.206 e. The van der Waals surface area contributed by atoms with Crippen molar-refractivity contribution in [2.75, 3.05) is 0 Å². The van der Waals surface area contributed by atoms with Crippen LogP contribution in [0.15, 0.2) is 16.6 Å². The fourth-order valence-electron chi connectivity index (χ4n) is 0.423. The third kappa shape index (κ3) is 1.66. The van der Waals surface area contributed by atoms with Crippen molar-refractivity contribution in [2.24, 2.45) is 0 Å². The van der Waals surface area contributed by atoms with E-state index in [1.807, 2.05) is 0 Å². The van der Waals surface area contributed by atoms with Crippen LogP contribution in [0, 0.1) is 11.9 Å². The second-order valence-corrected chi connectivity index (χ2v) is 2.74. The monoisotopic (exact) mass is 207 g/mol. The second kappa shape index (κ2) is 2.67. The van der Waals surface area contributed by atoms with E-state index in [-0.39, 0.29) is 10.8 Å². The predicted octanol–water partition coefficient (Wildman–Crippen LogP) is 3.04. The lowest BCUT2D eigenvalue weighted by molar-refractivity contribution is 0.621. The van der Waals surface area contributed by atoms with Crippen LogP contribution in [0.4, 0.5) is 4.39 Å². The maximum Gasteiger partial charge on any atom is 0.138 e. The summed E-state index contributed by atoms with van der Waals surface area (Å²) in [5, 5.41) is 0.288. The van der Waals surface area contributed by atoms with Crippen molar-refractivity contribution in [1.29, 1.82) is 0 Å². The van der Waals surface area contributed by atoms with Crippen LogP contribution < -0.4 is 0 Å². The average molecular weight is 208 g/mol. The summed E-state index contributed by atoms with van der Waals surface area (Å²) in [5.74, 6) is -0.362. The summed E-state index contributed by atoms with van der Waals surface area (Å²) in [4.78, 5) is 0. The van der Waals surface area contributed by atoms with Crippen molar-refractivity contribution in [3.63, 3.8) is 0 Å². The van der Waals surface area contributed by atoms with Gasteiger partial charge in [0.05, 0.1) is 9.50 Å². The van der Waals surface area contributed by atoms with Crippen LogP contribution in [0.5, 0.6) is 0 Å². The Hall–Kier alpha value is -0.0800. The lowest BCUT2D eigenvalue weighted by Gasteiger charge is -1.91. The molecule has 0 atom stereocenters. The first-order chi connectivity index (χ1) is 4.20. The highest BCUT2D eigenvalue weighted by Gasteiger charge is 1.96. The van der Waals surface area contributed by atoms with Crippen molar-refractivity contribution in [1.82, 2.24) is 0 Å². The van der Waals surface area contributed by atoms with Gasteiger partial charge >= 0.3 is 0 Å². The molecule has 0 N–H and O–H groups in total. The van der Waals surface area contributed by atoms with Crippen LogP contribution in [0.2, 0.25) is 5.02 Å². The van der Waals surface area contributed by atoms with Crippen LogP contribution in [0.25, 0.3) is 0 Å². The van der Waals surface area contributed by atoms with E-state index >= 15 is 0 Å². The molecule has 0 nitrogen and oxygen atoms in total. The van der Waals surface area contributed by atoms with Gasteiger partial charge in [0.25, 0.3) is 0 Å². The Balaban J connectivity index is 3.17. The largest absolute Gasteiger partial charge is 0.206 e. The van der Waals surface area contributed by atoms with Crippen LogP contribution in [-0.4, -0.2) is 0 Å². The van der Waals surface area contributed by atoms with Gasteiger partial charge in [0, 0.05) is 6.07 Å². The Labute approximate surface area is 65.8 Å². The molecule has 47 valence electrons. The number of benzene rings is 1. The zero-order chi connectivity index (χ0) is 6.85. The molecule has 1 aromatic rings. The number of halogens is 3. The van der Waals surface area contributed by atoms with E-state index in [1.165, 1.54) is 12.1 Å². The highest BCUT2D eigenvalue weighted by molar-refractivity contribution is 9.10. The molecule has 0 fully saturated rings. The molecule has 0 amide bonds. The summed E-state index contributed by atoms with van der Waals surface area (Å²) in [5.41, 5.74) is 0. The van der Waals surface area contributed by atoms with Crippen LogP contribution in [-0.2, 0) is 0 Å². The van der Waals surface area contributed by atoms with Gasteiger partial charge in [-0.05, 0) is 28.1 Å². The lowest BCUT2D eigenvalue weighted by atomic mass is 10.3. The van der Waals surface area contributed by atoms with E-state index < -0.39 is 0 Å². The lowest BCUT2D eigenvalue weighted by Crippen LogP contribution is -1.74. The quantitative estimate of drug-likeness (QED) is 0.575. The molecule has 0 aromatic heterocycles. The molecule has 0 unspecified atom stereocenters. The summed E-state index contributed by atoms with van der Waals surface area (Å²) in [6, 6.07) is 5.26. The number of hydrogen-bond donors (Lipinski definition) is 0. The fraction of sp³-hybridized carbons (Fsp3) is 0. The Morgan fingerprint density at radius 3 is 2.78 bits per heavy atom. The third-order valence-corrected chi connectivity index (χ3v) is 1.64. The van der Waals surface area contributed by atoms with E-state index in [4.69, 9.17) is 11.6 Å². The molecule has 0 aliphatic heterocycles. The zero-order valence-electron chi connectivity index (χ0n) is 4.29. The van der Waals surface area contributed by atoms with Crippen LogP contribution in [0.1, 0.15) is 0 Å². The van der Waals surface area contributed by atoms with Gasteiger partial charge in [0.1, 0.15) is 5.82 Å². The molecular formula is C6H2BrClF. The molecule has 0 heterocycles. The van der Waals surface area contributed by atoms with Crippen molar-refractivity contribution < 1.29 is 4.39 Å². The molecule has 9 heavy (non-hydrogen) atoms. The minimum absolute atomic E-state index is 0.288. The molecule has 0 saturated carbocycles. The highest BCUT2D eigenvalue weighted by Crippen LogP contribution is 2.18. The van der Waals surface area contributed by atoms with E-state index in [0.29, 0.717) is 4.47 Å². The zero-order valence-corrected chi connectivity index (χ0v) is 6.63. The summed E-state index contributed by atoms with van der Waals surface area (Å²) >= 11 is 8.36. The number of rotatable bonds is 0. The normalized spacial score (nSPS) is 9.67. The van der Waals surface area contributed by atoms with Crippen molar-refractivity contribution in [3.8, 4) is 0 Å². The molecular weight excluding hydrogens is 206 g/mol. The van der Waals surface area contributed by atoms with E-state index in [9.17, 15) is 4.39 Å². The second-order valence-electron chi connectivity index (χ2n) is 1.48. The topological polar surface area (TPSA) is 0 Å². The van der Waals surface area contributed by atoms with Crippen molar-refractivity contribution in [2.45, 2.75) is 0 Å². The van der Waals surface area contributed by atoms with E-state index in [1.54, 1.807) is 0 Å². The van der Waals surface area contributed by atoms with Gasteiger partial charge in [-0.1, -0.05) is 11.6 Å².